The molecule has 1 aromatic rings. The molecule has 0 amide bonds. The summed E-state index contributed by atoms with van der Waals surface area (Å²) in [6.45, 7) is 0. The van der Waals surface area contributed by atoms with Gasteiger partial charge in [-0.2, -0.15) is 0 Å². The van der Waals surface area contributed by atoms with Crippen LogP contribution >= 0.6 is 11.6 Å². The quantitative estimate of drug-likeness (QED) is 0.273. The fourth-order valence-electron chi connectivity index (χ4n) is 1.06. The van der Waals surface area contributed by atoms with Crippen LogP contribution in [0.5, 0.6) is 0 Å². The first-order valence-corrected chi connectivity index (χ1v) is 5.52. The molecule has 12 heteroatoms. The molecule has 0 spiro atoms. The van der Waals surface area contributed by atoms with Crippen LogP contribution in [0.25, 0.3) is 0 Å². The first kappa shape index (κ1) is 17.2. The van der Waals surface area contributed by atoms with Gasteiger partial charge in [0.25, 0.3) is 11.4 Å². The summed E-state index contributed by atoms with van der Waals surface area (Å²) >= 11 is 5.31. The minimum Gasteiger partial charge on any atom is -0.744 e. The van der Waals surface area contributed by atoms with E-state index >= 15 is 0 Å². The Labute approximate surface area is 127 Å². The molecule has 18 heavy (non-hydrogen) atoms. The molecule has 92 valence electrons. The third kappa shape index (κ3) is 3.37. The summed E-state index contributed by atoms with van der Waals surface area (Å²) in [4.78, 5) is 17.3. The third-order valence-corrected chi connectivity index (χ3v) is 3.11. The monoisotopic (exact) mass is 304 g/mol. The van der Waals surface area contributed by atoms with Crippen molar-refractivity contribution >= 4 is 33.1 Å². The largest absolute Gasteiger partial charge is 1.00 e. The Hall–Kier alpha value is -0.780. The first-order valence-electron chi connectivity index (χ1n) is 3.73. The number of hydrogen-bond acceptors (Lipinski definition) is 7. The van der Waals surface area contributed by atoms with Crippen LogP contribution < -0.4 is 29.6 Å². The fraction of sp³-hybridized carbons (Fsp3) is 0. The maximum Gasteiger partial charge on any atom is 1.00 e. The van der Waals surface area contributed by atoms with Crippen LogP contribution in [0.3, 0.4) is 0 Å². The molecule has 0 bridgehead atoms. The average molecular weight is 305 g/mol. The number of halogens is 1. The van der Waals surface area contributed by atoms with Crippen molar-refractivity contribution in [3.05, 3.63) is 37.4 Å². The van der Waals surface area contributed by atoms with Gasteiger partial charge in [0.1, 0.15) is 15.1 Å². The van der Waals surface area contributed by atoms with Crippen LogP contribution in [0, 0.1) is 20.2 Å². The van der Waals surface area contributed by atoms with E-state index in [4.69, 9.17) is 11.6 Å². The minimum absolute atomic E-state index is 0. The van der Waals surface area contributed by atoms with Crippen molar-refractivity contribution in [3.63, 3.8) is 0 Å². The van der Waals surface area contributed by atoms with Gasteiger partial charge in [-0.25, -0.2) is 8.42 Å². The van der Waals surface area contributed by atoms with Gasteiger partial charge in [0.2, 0.25) is 0 Å². The van der Waals surface area contributed by atoms with Crippen LogP contribution in [0.4, 0.5) is 11.4 Å². The topological polar surface area (TPSA) is 143 Å². The maximum absolute atomic E-state index is 10.8. The Morgan fingerprint density at radius 1 is 1.06 bits per heavy atom. The first-order chi connectivity index (χ1) is 7.66. The smallest absolute Gasteiger partial charge is 0.744 e. The van der Waals surface area contributed by atoms with Crippen LogP contribution in [0.1, 0.15) is 0 Å². The molecule has 0 fully saturated rings. The van der Waals surface area contributed by atoms with Crippen LogP contribution in [0.15, 0.2) is 17.0 Å². The van der Waals surface area contributed by atoms with Gasteiger partial charge < -0.3 is 4.55 Å². The minimum atomic E-state index is -5.29. The molecule has 0 aliphatic rings. The molecule has 9 nitrogen and oxygen atoms in total. The summed E-state index contributed by atoms with van der Waals surface area (Å²) in [7, 11) is -5.29. The fourth-order valence-corrected chi connectivity index (χ4v) is 2.29. The summed E-state index contributed by atoms with van der Waals surface area (Å²) in [5.74, 6) is 0. The predicted molar refractivity (Wildman–Crippen MR) is 52.7 cm³/mol. The van der Waals surface area contributed by atoms with Gasteiger partial charge in [-0.3, -0.25) is 20.2 Å². The van der Waals surface area contributed by atoms with Crippen LogP contribution in [0.2, 0.25) is 5.02 Å². The zero-order chi connectivity index (χ0) is 13.4. The molecule has 1 rings (SSSR count). The second-order valence-electron chi connectivity index (χ2n) is 2.72. The zero-order valence-electron chi connectivity index (χ0n) is 8.69. The molecule has 0 aliphatic heterocycles. The van der Waals surface area contributed by atoms with Crippen molar-refractivity contribution < 1.29 is 52.4 Å². The summed E-state index contributed by atoms with van der Waals surface area (Å²) in [5.41, 5.74) is -2.00. The molecule has 0 saturated heterocycles. The Kier molecular flexibility index (Phi) is 5.65. The molecule has 0 atom stereocenters. The van der Waals surface area contributed by atoms with E-state index in [1.165, 1.54) is 0 Å². The zero-order valence-corrected chi connectivity index (χ0v) is 12.3. The predicted octanol–water partition coefficient (Wildman–Crippen LogP) is -1.94. The summed E-state index contributed by atoms with van der Waals surface area (Å²) < 4.78 is 32.4. The molecular formula is C6H2ClN2NaO7S. The number of nitro groups is 2. The van der Waals surface area contributed by atoms with Crippen molar-refractivity contribution in [1.82, 2.24) is 0 Å². The Balaban J connectivity index is 0.00000289. The van der Waals surface area contributed by atoms with Gasteiger partial charge in [-0.1, -0.05) is 11.6 Å². The summed E-state index contributed by atoms with van der Waals surface area (Å²) in [5, 5.41) is 19.8. The van der Waals surface area contributed by atoms with Crippen LogP contribution in [-0.2, 0) is 10.1 Å². The van der Waals surface area contributed by atoms with E-state index in [0.29, 0.717) is 12.1 Å². The maximum atomic E-state index is 10.8. The van der Waals surface area contributed by atoms with Gasteiger partial charge in [0.15, 0.2) is 4.90 Å². The van der Waals surface area contributed by atoms with E-state index in [0.717, 1.165) is 0 Å². The number of hydrogen-bond donors (Lipinski definition) is 0. The van der Waals surface area contributed by atoms with Crippen LogP contribution in [-0.4, -0.2) is 22.8 Å². The Morgan fingerprint density at radius 3 is 1.78 bits per heavy atom. The molecule has 0 heterocycles. The van der Waals surface area contributed by atoms with Gasteiger partial charge >= 0.3 is 29.6 Å². The molecule has 0 saturated carbocycles. The van der Waals surface area contributed by atoms with Gasteiger partial charge in [0.05, 0.1) is 9.85 Å². The average Bonchev–Trinajstić information content (AvgIpc) is 2.14. The Morgan fingerprint density at radius 2 is 1.44 bits per heavy atom. The molecule has 0 unspecified atom stereocenters. The molecule has 0 N–H and O–H groups in total. The van der Waals surface area contributed by atoms with Crippen molar-refractivity contribution in [2.45, 2.75) is 4.90 Å². The molecular weight excluding hydrogens is 303 g/mol. The normalized spacial score (nSPS) is 10.6. The molecule has 1 aromatic carbocycles. The SMILES string of the molecule is O=[N+]([O-])c1ccc([N+](=O)[O-])c(S(=O)(=O)[O-])c1Cl.[Na+]. The molecule has 0 radical (unpaired) electrons. The molecule has 0 aromatic heterocycles. The van der Waals surface area contributed by atoms with Gasteiger partial charge in [0, 0.05) is 12.1 Å². The van der Waals surface area contributed by atoms with E-state index in [1.54, 1.807) is 0 Å². The Bertz CT molecular complexity index is 617. The van der Waals surface area contributed by atoms with Gasteiger partial charge in [-0.05, 0) is 0 Å². The van der Waals surface area contributed by atoms with Crippen molar-refractivity contribution in [2.24, 2.45) is 0 Å². The van der Waals surface area contributed by atoms with E-state index in [-0.39, 0.29) is 29.6 Å². The number of rotatable bonds is 3. The second kappa shape index (κ2) is 5.91. The number of nitro benzene ring substituents is 2. The van der Waals surface area contributed by atoms with E-state index in [1.807, 2.05) is 0 Å². The van der Waals surface area contributed by atoms with E-state index < -0.39 is 41.3 Å². The van der Waals surface area contributed by atoms with Crippen molar-refractivity contribution in [1.29, 1.82) is 0 Å². The van der Waals surface area contributed by atoms with Gasteiger partial charge in [-0.15, -0.1) is 0 Å². The number of benzene rings is 1. The van der Waals surface area contributed by atoms with Crippen molar-refractivity contribution in [2.75, 3.05) is 0 Å². The van der Waals surface area contributed by atoms with E-state index in [9.17, 15) is 33.2 Å². The summed E-state index contributed by atoms with van der Waals surface area (Å²) in [6, 6.07) is 1.18. The summed E-state index contributed by atoms with van der Waals surface area (Å²) in [6.07, 6.45) is 0. The van der Waals surface area contributed by atoms with Crippen molar-refractivity contribution in [3.8, 4) is 0 Å². The van der Waals surface area contributed by atoms with E-state index in [2.05, 4.69) is 0 Å². The third-order valence-electron chi connectivity index (χ3n) is 1.70. The molecule has 0 aliphatic carbocycles. The second-order valence-corrected chi connectivity index (χ2v) is 4.41. The number of nitrogens with zero attached hydrogens (tertiary/aromatic N) is 2. The standard InChI is InChI=1S/C6H3ClN2O7S.Na/c7-5-3(8(10)11)1-2-4(9(12)13)6(5)17(14,15)16;/h1-2H,(H,14,15,16);/q;+1/p-1.